The number of rotatable bonds is 27. The van der Waals surface area contributed by atoms with Gasteiger partial charge in [-0.2, -0.15) is 0 Å². The monoisotopic (exact) mass is 957 g/mol. The van der Waals surface area contributed by atoms with E-state index in [0.717, 1.165) is 176 Å². The van der Waals surface area contributed by atoms with E-state index in [-0.39, 0.29) is 10.8 Å². The molecule has 0 saturated carbocycles. The van der Waals surface area contributed by atoms with Gasteiger partial charge >= 0.3 is 0 Å². The number of benzene rings is 6. The number of nitrogens with zero attached hydrogens (tertiary/aromatic N) is 2. The summed E-state index contributed by atoms with van der Waals surface area (Å²) < 4.78 is 80.5. The van der Waals surface area contributed by atoms with Gasteiger partial charge in [0.05, 0.1) is 39.6 Å². The molecule has 2 heterocycles. The van der Waals surface area contributed by atoms with E-state index < -0.39 is 23.3 Å². The van der Waals surface area contributed by atoms with E-state index in [2.05, 4.69) is 38.1 Å². The molecule has 370 valence electrons. The Labute approximate surface area is 412 Å². The average Bonchev–Trinajstić information content (AvgIpc) is 3.36. The van der Waals surface area contributed by atoms with Gasteiger partial charge in [-0.15, -0.1) is 0 Å². The number of unbranched alkanes of at least 4 members (excludes halogenated alkanes) is 6. The Bertz CT molecular complexity index is 2360. The lowest BCUT2D eigenvalue weighted by Gasteiger charge is -2.40. The fraction of sp³-hybridized carbons (Fsp3) is 0.400. The number of hydrogen-bond acceptors (Lipinski definition) is 6. The Morgan fingerprint density at radius 1 is 0.400 bits per heavy atom. The second-order valence-corrected chi connectivity index (χ2v) is 19.4. The predicted molar refractivity (Wildman–Crippen MR) is 274 cm³/mol. The lowest BCUT2D eigenvalue weighted by Crippen LogP contribution is -2.45. The molecule has 0 N–H and O–H groups in total. The van der Waals surface area contributed by atoms with Gasteiger partial charge in [0.25, 0.3) is 0 Å². The molecule has 10 heteroatoms. The van der Waals surface area contributed by atoms with Crippen molar-refractivity contribution in [3.63, 3.8) is 0 Å². The molecule has 2 saturated heterocycles. The fourth-order valence-electron chi connectivity index (χ4n) is 9.28. The highest BCUT2D eigenvalue weighted by atomic mass is 19.2. The third-order valence-corrected chi connectivity index (χ3v) is 14.3. The maximum atomic E-state index is 14.7. The molecule has 2 aliphatic rings. The molecular formula is C60H68F4N2O4. The van der Waals surface area contributed by atoms with Crippen LogP contribution in [0, 0.1) is 34.1 Å². The molecule has 0 radical (unpaired) electrons. The Morgan fingerprint density at radius 2 is 0.729 bits per heavy atom. The van der Waals surface area contributed by atoms with Crippen LogP contribution < -0.4 is 9.80 Å². The molecule has 8 rings (SSSR count). The zero-order chi connectivity index (χ0) is 48.8. The lowest BCUT2D eigenvalue weighted by molar-refractivity contribution is -0.150. The molecule has 0 atom stereocenters. The first-order valence-electron chi connectivity index (χ1n) is 25.4. The van der Waals surface area contributed by atoms with Gasteiger partial charge in [-0.1, -0.05) is 88.1 Å². The second kappa shape index (κ2) is 24.5. The Balaban J connectivity index is 0.891. The summed E-state index contributed by atoms with van der Waals surface area (Å²) in [7, 11) is 0. The normalized spacial score (nSPS) is 14.8. The molecule has 6 aromatic carbocycles. The van der Waals surface area contributed by atoms with Crippen LogP contribution in [-0.4, -0.2) is 52.9 Å². The van der Waals surface area contributed by atoms with E-state index >= 15 is 0 Å². The highest BCUT2D eigenvalue weighted by molar-refractivity contribution is 5.81. The van der Waals surface area contributed by atoms with Crippen LogP contribution in [0.4, 0.5) is 51.7 Å². The SMILES string of the molecule is CCC1(COCCCCCCc2ccc(N(c3ccc(-c4ccc(N(c5ccc(CCCCCCOCC6(CC)COC6)cc5)c5ccc(F)c(F)c5)cc4)cc3)c3ccc(F)c(F)c3)cc2)COC1. The quantitative estimate of drug-likeness (QED) is 0.0379. The molecule has 0 aromatic heterocycles. The zero-order valence-corrected chi connectivity index (χ0v) is 40.9. The topological polar surface area (TPSA) is 43.4 Å². The number of hydrogen-bond donors (Lipinski definition) is 0. The molecule has 0 bridgehead atoms. The van der Waals surface area contributed by atoms with Crippen molar-refractivity contribution in [2.24, 2.45) is 10.8 Å². The van der Waals surface area contributed by atoms with Crippen LogP contribution in [0.25, 0.3) is 11.1 Å². The first-order valence-corrected chi connectivity index (χ1v) is 25.4. The third-order valence-electron chi connectivity index (χ3n) is 14.3. The molecule has 0 amide bonds. The fourth-order valence-corrected chi connectivity index (χ4v) is 9.28. The molecule has 2 fully saturated rings. The zero-order valence-electron chi connectivity index (χ0n) is 40.9. The molecule has 2 aliphatic heterocycles. The van der Waals surface area contributed by atoms with Crippen LogP contribution in [0.5, 0.6) is 0 Å². The Hall–Kier alpha value is -5.52. The van der Waals surface area contributed by atoms with E-state index in [1.54, 1.807) is 12.1 Å². The smallest absolute Gasteiger partial charge is 0.160 e. The summed E-state index contributed by atoms with van der Waals surface area (Å²) in [5, 5.41) is 0. The molecule has 70 heavy (non-hydrogen) atoms. The lowest BCUT2D eigenvalue weighted by atomic mass is 9.84. The van der Waals surface area contributed by atoms with Crippen LogP contribution in [0.2, 0.25) is 0 Å². The number of anilines is 6. The highest BCUT2D eigenvalue weighted by Gasteiger charge is 2.37. The van der Waals surface area contributed by atoms with Crippen LogP contribution in [0.1, 0.15) is 89.2 Å². The predicted octanol–water partition coefficient (Wildman–Crippen LogP) is 15.9. The van der Waals surface area contributed by atoms with Crippen LogP contribution in [0.3, 0.4) is 0 Å². The van der Waals surface area contributed by atoms with Crippen LogP contribution in [-0.2, 0) is 31.8 Å². The summed E-state index contributed by atoms with van der Waals surface area (Å²) in [6.07, 6.45) is 12.8. The summed E-state index contributed by atoms with van der Waals surface area (Å²) in [6, 6.07) is 40.4. The molecule has 0 unspecified atom stereocenters. The van der Waals surface area contributed by atoms with Crippen molar-refractivity contribution < 1.29 is 36.5 Å². The van der Waals surface area contributed by atoms with Crippen molar-refractivity contribution in [3.8, 4) is 11.1 Å². The first kappa shape index (κ1) is 50.9. The van der Waals surface area contributed by atoms with Gasteiger partial charge in [0.1, 0.15) is 0 Å². The van der Waals surface area contributed by atoms with Crippen LogP contribution >= 0.6 is 0 Å². The summed E-state index contributed by atoms with van der Waals surface area (Å²) in [4.78, 5) is 3.85. The van der Waals surface area contributed by atoms with E-state index in [1.165, 1.54) is 23.3 Å². The van der Waals surface area contributed by atoms with Crippen molar-refractivity contribution in [2.75, 3.05) is 62.7 Å². The van der Waals surface area contributed by atoms with Gasteiger partial charge in [0.2, 0.25) is 0 Å². The van der Waals surface area contributed by atoms with Gasteiger partial charge < -0.3 is 28.7 Å². The van der Waals surface area contributed by atoms with Crippen molar-refractivity contribution in [2.45, 2.75) is 90.9 Å². The summed E-state index contributed by atoms with van der Waals surface area (Å²) in [5.74, 6) is -3.64. The molecule has 0 aliphatic carbocycles. The molecular weight excluding hydrogens is 889 g/mol. The van der Waals surface area contributed by atoms with Crippen molar-refractivity contribution >= 4 is 34.1 Å². The third kappa shape index (κ3) is 13.1. The van der Waals surface area contributed by atoms with Crippen molar-refractivity contribution in [3.05, 3.63) is 168 Å². The molecule has 6 nitrogen and oxygen atoms in total. The van der Waals surface area contributed by atoms with E-state index in [9.17, 15) is 17.6 Å². The second-order valence-electron chi connectivity index (χ2n) is 19.4. The number of aryl methyl sites for hydroxylation is 2. The number of halogens is 4. The van der Waals surface area contributed by atoms with Gasteiger partial charge in [0.15, 0.2) is 23.3 Å². The summed E-state index contributed by atoms with van der Waals surface area (Å²) >= 11 is 0. The van der Waals surface area contributed by atoms with E-state index in [1.807, 2.05) is 82.6 Å². The largest absolute Gasteiger partial charge is 0.381 e. The summed E-state index contributed by atoms with van der Waals surface area (Å²) in [5.41, 5.74) is 9.02. The maximum Gasteiger partial charge on any atom is 0.160 e. The Morgan fingerprint density at radius 3 is 1.04 bits per heavy atom. The van der Waals surface area contributed by atoms with Crippen LogP contribution in [0.15, 0.2) is 133 Å². The number of ether oxygens (including phenoxy) is 4. The molecule has 6 aromatic rings. The Kier molecular flexibility index (Phi) is 17.8. The first-order chi connectivity index (χ1) is 34.2. The summed E-state index contributed by atoms with van der Waals surface area (Å²) in [6.45, 7) is 10.8. The standard InChI is InChI=1S/C60H68F4N2O4/c1-3-59(41-69-42-59)39-67-35-11-7-5-9-13-45-15-23-49(24-16-45)65(53-31-33-55(61)57(63)37-53)51-27-19-47(20-28-51)48-21-29-52(30-22-48)66(54-32-34-56(62)58(64)38-54)50-25-17-46(18-26-50)14-10-6-8-12-36-68-40-60(4-2)43-70-44-60/h15-34,37-38H,3-14,35-36,39-44H2,1-2H3. The van der Waals surface area contributed by atoms with Gasteiger partial charge in [-0.25, -0.2) is 17.6 Å². The molecule has 0 spiro atoms. The van der Waals surface area contributed by atoms with Gasteiger partial charge in [0, 0.05) is 70.3 Å². The van der Waals surface area contributed by atoms with Gasteiger partial charge in [-0.3, -0.25) is 0 Å². The average molecular weight is 957 g/mol. The van der Waals surface area contributed by atoms with Gasteiger partial charge in [-0.05, 0) is 146 Å². The minimum absolute atomic E-state index is 0.226. The maximum absolute atomic E-state index is 14.7. The minimum Gasteiger partial charge on any atom is -0.381 e. The van der Waals surface area contributed by atoms with Crippen molar-refractivity contribution in [1.82, 2.24) is 0 Å². The highest BCUT2D eigenvalue weighted by Crippen LogP contribution is 2.40. The van der Waals surface area contributed by atoms with E-state index in [0.29, 0.717) is 11.4 Å². The van der Waals surface area contributed by atoms with E-state index in [4.69, 9.17) is 18.9 Å². The van der Waals surface area contributed by atoms with Crippen molar-refractivity contribution in [1.29, 1.82) is 0 Å². The minimum atomic E-state index is -0.916.